The third kappa shape index (κ3) is 3.16. The Labute approximate surface area is 116 Å². The lowest BCUT2D eigenvalue weighted by Crippen LogP contribution is -2.42. The standard InChI is InChI=1S/C14H15NO5/c1-14(2)19-12(17)11(13(18)20-14)7-15-10-5-3-4-9(6-10)8-16/h3-7,15-16H,8H2,1-2H3. The molecular weight excluding hydrogens is 262 g/mol. The second-order valence-corrected chi connectivity index (χ2v) is 4.74. The third-order valence-corrected chi connectivity index (χ3v) is 2.61. The van der Waals surface area contributed by atoms with Gasteiger partial charge in [-0.05, 0) is 17.7 Å². The molecule has 0 amide bonds. The van der Waals surface area contributed by atoms with Gasteiger partial charge in [0.05, 0.1) is 6.61 Å². The predicted molar refractivity (Wildman–Crippen MR) is 70.3 cm³/mol. The number of anilines is 1. The Morgan fingerprint density at radius 1 is 1.25 bits per heavy atom. The molecular formula is C14H15NO5. The van der Waals surface area contributed by atoms with Crippen molar-refractivity contribution in [2.45, 2.75) is 26.2 Å². The van der Waals surface area contributed by atoms with E-state index in [1.54, 1.807) is 24.3 Å². The molecule has 0 bridgehead atoms. The summed E-state index contributed by atoms with van der Waals surface area (Å²) in [5.74, 6) is -2.73. The number of benzene rings is 1. The van der Waals surface area contributed by atoms with Gasteiger partial charge in [0, 0.05) is 25.7 Å². The Balaban J connectivity index is 2.15. The number of ether oxygens (including phenoxy) is 2. The van der Waals surface area contributed by atoms with Gasteiger partial charge in [0.1, 0.15) is 0 Å². The van der Waals surface area contributed by atoms with Crippen LogP contribution in [-0.4, -0.2) is 22.8 Å². The van der Waals surface area contributed by atoms with Crippen LogP contribution in [-0.2, 0) is 25.7 Å². The molecule has 20 heavy (non-hydrogen) atoms. The van der Waals surface area contributed by atoms with Crippen LogP contribution in [0.25, 0.3) is 0 Å². The summed E-state index contributed by atoms with van der Waals surface area (Å²) in [4.78, 5) is 23.4. The van der Waals surface area contributed by atoms with Crippen LogP contribution in [0.1, 0.15) is 19.4 Å². The Kier molecular flexibility index (Phi) is 3.76. The Bertz CT molecular complexity index is 555. The number of rotatable bonds is 3. The van der Waals surface area contributed by atoms with Gasteiger partial charge in [-0.25, -0.2) is 9.59 Å². The molecule has 2 rings (SSSR count). The first kappa shape index (κ1) is 14.1. The van der Waals surface area contributed by atoms with Crippen molar-refractivity contribution < 1.29 is 24.2 Å². The molecule has 1 aliphatic heterocycles. The molecule has 0 aliphatic carbocycles. The van der Waals surface area contributed by atoms with E-state index >= 15 is 0 Å². The molecule has 0 radical (unpaired) electrons. The highest BCUT2D eigenvalue weighted by molar-refractivity contribution is 6.15. The van der Waals surface area contributed by atoms with Crippen LogP contribution in [0.3, 0.4) is 0 Å². The molecule has 1 saturated heterocycles. The largest absolute Gasteiger partial charge is 0.419 e. The maximum Gasteiger partial charge on any atom is 0.350 e. The summed E-state index contributed by atoms with van der Waals surface area (Å²) < 4.78 is 9.92. The molecule has 6 heteroatoms. The number of hydrogen-bond acceptors (Lipinski definition) is 6. The number of esters is 2. The first-order chi connectivity index (χ1) is 9.41. The molecule has 0 spiro atoms. The molecule has 0 saturated carbocycles. The average molecular weight is 277 g/mol. The van der Waals surface area contributed by atoms with Crippen molar-refractivity contribution in [1.82, 2.24) is 0 Å². The summed E-state index contributed by atoms with van der Waals surface area (Å²) in [5.41, 5.74) is 1.14. The van der Waals surface area contributed by atoms with Crippen LogP contribution in [0, 0.1) is 0 Å². The Morgan fingerprint density at radius 2 is 1.90 bits per heavy atom. The summed E-state index contributed by atoms with van der Waals surface area (Å²) in [5, 5.41) is 11.8. The van der Waals surface area contributed by atoms with Gasteiger partial charge in [-0.15, -0.1) is 0 Å². The number of carbonyl (C=O) groups is 2. The molecule has 6 nitrogen and oxygen atoms in total. The first-order valence-electron chi connectivity index (χ1n) is 6.04. The summed E-state index contributed by atoms with van der Waals surface area (Å²) in [6, 6.07) is 6.93. The SMILES string of the molecule is CC1(C)OC(=O)C(=CNc2cccc(CO)c2)C(=O)O1. The normalized spacial score (nSPS) is 17.2. The van der Waals surface area contributed by atoms with Gasteiger partial charge in [-0.3, -0.25) is 0 Å². The van der Waals surface area contributed by atoms with Crippen molar-refractivity contribution in [2.75, 3.05) is 5.32 Å². The Hall–Kier alpha value is -2.34. The van der Waals surface area contributed by atoms with E-state index in [1.165, 1.54) is 20.0 Å². The monoisotopic (exact) mass is 277 g/mol. The van der Waals surface area contributed by atoms with Crippen LogP contribution in [0.15, 0.2) is 36.0 Å². The van der Waals surface area contributed by atoms with Gasteiger partial charge in [0.15, 0.2) is 5.57 Å². The lowest BCUT2D eigenvalue weighted by atomic mass is 10.2. The van der Waals surface area contributed by atoms with E-state index in [4.69, 9.17) is 14.6 Å². The lowest BCUT2D eigenvalue weighted by Gasteiger charge is -2.29. The summed E-state index contributed by atoms with van der Waals surface area (Å²) in [6.07, 6.45) is 1.23. The zero-order valence-corrected chi connectivity index (χ0v) is 11.2. The second-order valence-electron chi connectivity index (χ2n) is 4.74. The van der Waals surface area contributed by atoms with Crippen LogP contribution >= 0.6 is 0 Å². The van der Waals surface area contributed by atoms with E-state index in [9.17, 15) is 9.59 Å². The number of nitrogens with one attached hydrogen (secondary N) is 1. The van der Waals surface area contributed by atoms with Crippen LogP contribution < -0.4 is 5.32 Å². The van der Waals surface area contributed by atoms with E-state index in [0.717, 1.165) is 0 Å². The fourth-order valence-electron chi connectivity index (χ4n) is 1.69. The van der Waals surface area contributed by atoms with E-state index in [0.29, 0.717) is 11.3 Å². The molecule has 1 fully saturated rings. The summed E-state index contributed by atoms with van der Waals surface area (Å²) in [6.45, 7) is 2.87. The first-order valence-corrected chi connectivity index (χ1v) is 6.04. The maximum absolute atomic E-state index is 11.7. The van der Waals surface area contributed by atoms with E-state index in [2.05, 4.69) is 5.32 Å². The smallest absolute Gasteiger partial charge is 0.350 e. The van der Waals surface area contributed by atoms with Crippen molar-refractivity contribution >= 4 is 17.6 Å². The van der Waals surface area contributed by atoms with Crippen molar-refractivity contribution in [3.63, 3.8) is 0 Å². The molecule has 0 aromatic heterocycles. The highest BCUT2D eigenvalue weighted by atomic mass is 16.7. The molecule has 1 aromatic carbocycles. The zero-order chi connectivity index (χ0) is 14.8. The second kappa shape index (κ2) is 5.34. The molecule has 1 aliphatic rings. The Morgan fingerprint density at radius 3 is 2.50 bits per heavy atom. The number of aliphatic hydroxyl groups excluding tert-OH is 1. The number of cyclic esters (lactones) is 2. The predicted octanol–water partition coefficient (Wildman–Crippen LogP) is 1.31. The zero-order valence-electron chi connectivity index (χ0n) is 11.2. The quantitative estimate of drug-likeness (QED) is 0.492. The highest BCUT2D eigenvalue weighted by Gasteiger charge is 2.38. The molecule has 1 aromatic rings. The number of aliphatic hydroxyl groups is 1. The summed E-state index contributed by atoms with van der Waals surface area (Å²) in [7, 11) is 0. The van der Waals surface area contributed by atoms with Crippen molar-refractivity contribution in [3.8, 4) is 0 Å². The van der Waals surface area contributed by atoms with Gasteiger partial charge >= 0.3 is 11.9 Å². The number of carbonyl (C=O) groups excluding carboxylic acids is 2. The highest BCUT2D eigenvalue weighted by Crippen LogP contribution is 2.22. The molecule has 1 heterocycles. The van der Waals surface area contributed by atoms with Crippen LogP contribution in [0.4, 0.5) is 5.69 Å². The van der Waals surface area contributed by atoms with Gasteiger partial charge in [-0.1, -0.05) is 12.1 Å². The third-order valence-electron chi connectivity index (χ3n) is 2.61. The summed E-state index contributed by atoms with van der Waals surface area (Å²) >= 11 is 0. The maximum atomic E-state index is 11.7. The number of hydrogen-bond donors (Lipinski definition) is 2. The van der Waals surface area contributed by atoms with E-state index < -0.39 is 17.7 Å². The van der Waals surface area contributed by atoms with Crippen molar-refractivity contribution in [1.29, 1.82) is 0 Å². The van der Waals surface area contributed by atoms with E-state index in [-0.39, 0.29) is 12.2 Å². The average Bonchev–Trinajstić information content (AvgIpc) is 2.36. The molecule has 106 valence electrons. The van der Waals surface area contributed by atoms with Gasteiger partial charge in [0.2, 0.25) is 0 Å². The molecule has 2 N–H and O–H groups in total. The molecule has 0 atom stereocenters. The van der Waals surface area contributed by atoms with Gasteiger partial charge < -0.3 is 19.9 Å². The van der Waals surface area contributed by atoms with Gasteiger partial charge in [0.25, 0.3) is 5.79 Å². The minimum Gasteiger partial charge on any atom is -0.419 e. The fourth-order valence-corrected chi connectivity index (χ4v) is 1.69. The minimum atomic E-state index is -1.25. The minimum absolute atomic E-state index is 0.0929. The topological polar surface area (TPSA) is 84.9 Å². The lowest BCUT2D eigenvalue weighted by molar-refractivity contribution is -0.222. The van der Waals surface area contributed by atoms with Crippen LogP contribution in [0.5, 0.6) is 0 Å². The molecule has 0 unspecified atom stereocenters. The van der Waals surface area contributed by atoms with Crippen LogP contribution in [0.2, 0.25) is 0 Å². The van der Waals surface area contributed by atoms with Crippen molar-refractivity contribution in [3.05, 3.63) is 41.6 Å². The van der Waals surface area contributed by atoms with Crippen molar-refractivity contribution in [2.24, 2.45) is 0 Å². The fraction of sp³-hybridized carbons (Fsp3) is 0.286. The van der Waals surface area contributed by atoms with E-state index in [1.807, 2.05) is 0 Å². The van der Waals surface area contributed by atoms with Gasteiger partial charge in [-0.2, -0.15) is 0 Å².